The van der Waals surface area contributed by atoms with Crippen LogP contribution in [0.5, 0.6) is 5.75 Å². The van der Waals surface area contributed by atoms with Crippen LogP contribution in [0.1, 0.15) is 33.6 Å². The zero-order chi connectivity index (χ0) is 25.2. The van der Waals surface area contributed by atoms with Crippen LogP contribution < -0.4 is 15.0 Å². The Morgan fingerprint density at radius 2 is 1.86 bits per heavy atom. The van der Waals surface area contributed by atoms with E-state index in [4.69, 9.17) is 4.74 Å². The van der Waals surface area contributed by atoms with E-state index in [1.807, 2.05) is 4.90 Å². The van der Waals surface area contributed by atoms with E-state index < -0.39 is 12.1 Å². The van der Waals surface area contributed by atoms with E-state index in [1.54, 1.807) is 12.3 Å². The highest BCUT2D eigenvalue weighted by Crippen LogP contribution is 2.34. The molecule has 0 aliphatic carbocycles. The summed E-state index contributed by atoms with van der Waals surface area (Å²) in [5, 5.41) is 18.4. The maximum Gasteiger partial charge on any atom is 0.491 e. The Morgan fingerprint density at radius 3 is 2.43 bits per heavy atom. The first kappa shape index (κ1) is 24.6. The van der Waals surface area contributed by atoms with Gasteiger partial charge in [-0.25, -0.2) is 9.78 Å². The monoisotopic (exact) mass is 489 g/mol. The highest BCUT2D eigenvalue weighted by Gasteiger charge is 2.42. The fourth-order valence-electron chi connectivity index (χ4n) is 3.94. The summed E-state index contributed by atoms with van der Waals surface area (Å²) in [5.74, 6) is -2.19. The number of carbonyl (C=O) groups excluding carboxylic acids is 1. The first-order valence-corrected chi connectivity index (χ1v) is 11.1. The van der Waals surface area contributed by atoms with Crippen LogP contribution >= 0.6 is 0 Å². The minimum atomic E-state index is -5.15. The van der Waals surface area contributed by atoms with Crippen molar-refractivity contribution < 1.29 is 22.7 Å². The van der Waals surface area contributed by atoms with Crippen LogP contribution in [0.2, 0.25) is 0 Å². The number of anilines is 1. The lowest BCUT2D eigenvalue weighted by molar-refractivity contribution is -0.189. The SMILES string of the molecule is CC(C)(C)NC1CCN(c2ncc(-c3ccc(-c4cn[nH]c4)cc3OC(=O)C(F)(F)F)nn2)CC1. The van der Waals surface area contributed by atoms with Gasteiger partial charge in [0.15, 0.2) is 0 Å². The van der Waals surface area contributed by atoms with Crippen molar-refractivity contribution in [3.63, 3.8) is 0 Å². The minimum absolute atomic E-state index is 0.0347. The average molecular weight is 490 g/mol. The van der Waals surface area contributed by atoms with Gasteiger partial charge in [0, 0.05) is 42.0 Å². The molecule has 0 unspecified atom stereocenters. The van der Waals surface area contributed by atoms with Crippen molar-refractivity contribution in [2.45, 2.75) is 51.4 Å². The maximum absolute atomic E-state index is 12.9. The molecule has 1 fully saturated rings. The first-order chi connectivity index (χ1) is 16.5. The molecular formula is C23H26F3N7O2. The van der Waals surface area contributed by atoms with Crippen molar-refractivity contribution >= 4 is 11.9 Å². The Morgan fingerprint density at radius 1 is 1.11 bits per heavy atom. The number of esters is 1. The summed E-state index contributed by atoms with van der Waals surface area (Å²) in [6.45, 7) is 7.90. The molecule has 1 aromatic carbocycles. The van der Waals surface area contributed by atoms with Crippen molar-refractivity contribution in [1.29, 1.82) is 0 Å². The zero-order valence-electron chi connectivity index (χ0n) is 19.6. The molecule has 4 rings (SSSR count). The third-order valence-electron chi connectivity index (χ3n) is 5.49. The molecule has 12 heteroatoms. The second kappa shape index (κ2) is 9.61. The molecule has 0 radical (unpaired) electrons. The van der Waals surface area contributed by atoms with E-state index in [9.17, 15) is 18.0 Å². The topological polar surface area (TPSA) is 109 Å². The molecule has 0 bridgehead atoms. The molecular weight excluding hydrogens is 463 g/mol. The van der Waals surface area contributed by atoms with Gasteiger partial charge in [-0.2, -0.15) is 18.3 Å². The van der Waals surface area contributed by atoms with Gasteiger partial charge in [-0.05, 0) is 51.3 Å². The Balaban J connectivity index is 1.55. The number of benzene rings is 1. The molecule has 1 saturated heterocycles. The van der Waals surface area contributed by atoms with Crippen LogP contribution in [-0.2, 0) is 4.79 Å². The van der Waals surface area contributed by atoms with Crippen LogP contribution in [0.15, 0.2) is 36.8 Å². The number of halogens is 3. The Hall–Kier alpha value is -3.54. The smallest absolute Gasteiger partial charge is 0.419 e. The number of ether oxygens (including phenoxy) is 1. The van der Waals surface area contributed by atoms with Gasteiger partial charge in [0.05, 0.1) is 12.4 Å². The molecule has 0 saturated carbocycles. The summed E-state index contributed by atoms with van der Waals surface area (Å²) >= 11 is 0. The number of nitrogens with zero attached hydrogens (tertiary/aromatic N) is 5. The van der Waals surface area contributed by atoms with Crippen LogP contribution in [0, 0.1) is 0 Å². The van der Waals surface area contributed by atoms with E-state index in [0.717, 1.165) is 25.9 Å². The van der Waals surface area contributed by atoms with Crippen molar-refractivity contribution in [2.24, 2.45) is 0 Å². The highest BCUT2D eigenvalue weighted by molar-refractivity contribution is 5.82. The predicted octanol–water partition coefficient (Wildman–Crippen LogP) is 3.75. The van der Waals surface area contributed by atoms with E-state index in [-0.39, 0.29) is 22.5 Å². The molecule has 0 atom stereocenters. The quantitative estimate of drug-likeness (QED) is 0.412. The number of piperidine rings is 1. The lowest BCUT2D eigenvalue weighted by Gasteiger charge is -2.36. The van der Waals surface area contributed by atoms with Gasteiger partial charge in [-0.3, -0.25) is 5.10 Å². The summed E-state index contributed by atoms with van der Waals surface area (Å²) in [6.07, 6.45) is 1.19. The van der Waals surface area contributed by atoms with Crippen molar-refractivity contribution in [3.8, 4) is 28.1 Å². The largest absolute Gasteiger partial charge is 0.491 e. The minimum Gasteiger partial charge on any atom is -0.419 e. The summed E-state index contributed by atoms with van der Waals surface area (Å²) < 4.78 is 43.3. The third-order valence-corrected chi connectivity index (χ3v) is 5.49. The normalized spacial score (nSPS) is 15.3. The van der Waals surface area contributed by atoms with Gasteiger partial charge in [-0.15, -0.1) is 10.2 Å². The number of alkyl halides is 3. The molecule has 3 heterocycles. The molecule has 2 N–H and O–H groups in total. The number of nitrogens with one attached hydrogen (secondary N) is 2. The number of hydrogen-bond acceptors (Lipinski definition) is 8. The molecule has 3 aromatic rings. The fourth-order valence-corrected chi connectivity index (χ4v) is 3.94. The second-order valence-corrected chi connectivity index (χ2v) is 9.38. The highest BCUT2D eigenvalue weighted by atomic mass is 19.4. The molecule has 35 heavy (non-hydrogen) atoms. The number of rotatable bonds is 5. The lowest BCUT2D eigenvalue weighted by Crippen LogP contribution is -2.49. The Kier molecular flexibility index (Phi) is 6.75. The molecule has 1 aliphatic heterocycles. The summed E-state index contributed by atoms with van der Waals surface area (Å²) in [6, 6.07) is 4.90. The van der Waals surface area contributed by atoms with Gasteiger partial charge in [0.1, 0.15) is 11.4 Å². The number of carbonyl (C=O) groups is 1. The lowest BCUT2D eigenvalue weighted by atomic mass is 10.0. The van der Waals surface area contributed by atoms with Crippen LogP contribution in [-0.4, -0.2) is 62.2 Å². The standard InChI is InChI=1S/C23H26F3N7O2/c1-22(2,3)30-16-6-8-33(9-7-16)21-27-13-18(31-32-21)17-5-4-14(15-11-28-29-12-15)10-19(17)35-20(34)23(24,25)26/h4-5,10-13,16,30H,6-9H2,1-3H3,(H,28,29). The van der Waals surface area contributed by atoms with Crippen LogP contribution in [0.3, 0.4) is 0 Å². The predicted molar refractivity (Wildman–Crippen MR) is 123 cm³/mol. The maximum atomic E-state index is 12.9. The zero-order valence-corrected chi connectivity index (χ0v) is 19.6. The molecule has 9 nitrogen and oxygen atoms in total. The number of H-pyrrole nitrogens is 1. The van der Waals surface area contributed by atoms with Gasteiger partial charge in [0.2, 0.25) is 5.95 Å². The molecule has 0 amide bonds. The molecule has 0 spiro atoms. The van der Waals surface area contributed by atoms with Crippen molar-refractivity contribution in [3.05, 3.63) is 36.8 Å². The van der Waals surface area contributed by atoms with E-state index in [0.29, 0.717) is 23.1 Å². The third kappa shape index (κ3) is 6.13. The van der Waals surface area contributed by atoms with Gasteiger partial charge < -0.3 is 15.0 Å². The summed E-state index contributed by atoms with van der Waals surface area (Å²) in [4.78, 5) is 18.0. The van der Waals surface area contributed by atoms with Crippen molar-refractivity contribution in [2.75, 3.05) is 18.0 Å². The molecule has 186 valence electrons. The van der Waals surface area contributed by atoms with E-state index >= 15 is 0 Å². The fraction of sp³-hybridized carbons (Fsp3) is 0.435. The average Bonchev–Trinajstić information content (AvgIpc) is 3.33. The Labute approximate surface area is 200 Å². The van der Waals surface area contributed by atoms with Gasteiger partial charge >= 0.3 is 12.1 Å². The second-order valence-electron chi connectivity index (χ2n) is 9.38. The van der Waals surface area contributed by atoms with Crippen LogP contribution in [0.4, 0.5) is 19.1 Å². The number of hydrogen-bond donors (Lipinski definition) is 2. The first-order valence-electron chi connectivity index (χ1n) is 11.1. The van der Waals surface area contributed by atoms with Crippen molar-refractivity contribution in [1.82, 2.24) is 30.7 Å². The molecule has 2 aromatic heterocycles. The van der Waals surface area contributed by atoms with E-state index in [1.165, 1.54) is 24.5 Å². The van der Waals surface area contributed by atoms with Gasteiger partial charge in [0.25, 0.3) is 0 Å². The number of aromatic amines is 1. The molecule has 1 aliphatic rings. The number of aromatic nitrogens is 5. The van der Waals surface area contributed by atoms with Crippen LogP contribution in [0.25, 0.3) is 22.4 Å². The summed E-state index contributed by atoms with van der Waals surface area (Å²) in [7, 11) is 0. The Bertz CT molecular complexity index is 1150. The summed E-state index contributed by atoms with van der Waals surface area (Å²) in [5.41, 5.74) is 1.50. The van der Waals surface area contributed by atoms with E-state index in [2.05, 4.69) is 51.5 Å². The van der Waals surface area contributed by atoms with Gasteiger partial charge in [-0.1, -0.05) is 6.07 Å².